The van der Waals surface area contributed by atoms with Crippen LogP contribution in [0.3, 0.4) is 0 Å². The Balaban J connectivity index is 1.79. The van der Waals surface area contributed by atoms with Crippen molar-refractivity contribution in [2.45, 2.75) is 78.0 Å². The van der Waals surface area contributed by atoms with Crippen molar-refractivity contribution in [3.63, 3.8) is 0 Å². The number of quaternary nitrogens is 1. The van der Waals surface area contributed by atoms with E-state index < -0.39 is 11.2 Å². The Kier molecular flexibility index (Phi) is 7.03. The SMILES string of the molecule is CN(CCCC[N@+]12C=CN=Cc3cccc(c31)CC2C(=O)OC(C)(C)C)C(=O)OC(C)(C)C. The Morgan fingerprint density at radius 2 is 1.79 bits per heavy atom. The molecule has 1 aromatic carbocycles. The molecule has 2 aliphatic rings. The Morgan fingerprint density at radius 1 is 1.09 bits per heavy atom. The van der Waals surface area contributed by atoms with Gasteiger partial charge in [-0.3, -0.25) is 9.48 Å². The zero-order valence-electron chi connectivity index (χ0n) is 21.1. The second-order valence-corrected chi connectivity index (χ2v) is 10.9. The number of esters is 1. The summed E-state index contributed by atoms with van der Waals surface area (Å²) < 4.78 is 11.7. The molecule has 1 amide bonds. The molecular weight excluding hydrogens is 418 g/mol. The molecule has 180 valence electrons. The highest BCUT2D eigenvalue weighted by Gasteiger charge is 2.52. The molecule has 33 heavy (non-hydrogen) atoms. The van der Waals surface area contributed by atoms with E-state index in [-0.39, 0.29) is 18.1 Å². The van der Waals surface area contributed by atoms with Crippen molar-refractivity contribution >= 4 is 24.0 Å². The van der Waals surface area contributed by atoms with Gasteiger partial charge in [0.25, 0.3) is 0 Å². The Bertz CT molecular complexity index is 955. The predicted molar refractivity (Wildman–Crippen MR) is 131 cm³/mol. The molecule has 0 N–H and O–H groups in total. The molecule has 3 rings (SSSR count). The number of nitrogens with zero attached hydrogens (tertiary/aromatic N) is 3. The third-order valence-electron chi connectivity index (χ3n) is 5.82. The van der Waals surface area contributed by atoms with E-state index in [9.17, 15) is 9.59 Å². The molecule has 0 aliphatic carbocycles. The lowest BCUT2D eigenvalue weighted by Gasteiger charge is -2.37. The minimum Gasteiger partial charge on any atom is -0.456 e. The molecule has 0 aromatic heterocycles. The summed E-state index contributed by atoms with van der Waals surface area (Å²) in [6.45, 7) is 12.6. The number of para-hydroxylation sites is 1. The lowest BCUT2D eigenvalue weighted by atomic mass is 10.1. The van der Waals surface area contributed by atoms with E-state index in [1.165, 1.54) is 0 Å². The first-order chi connectivity index (χ1) is 15.3. The van der Waals surface area contributed by atoms with Crippen LogP contribution in [0.4, 0.5) is 10.5 Å². The van der Waals surface area contributed by atoms with Gasteiger partial charge in [0.15, 0.2) is 5.69 Å². The molecule has 2 aliphatic heterocycles. The van der Waals surface area contributed by atoms with Crippen molar-refractivity contribution in [3.05, 3.63) is 41.7 Å². The van der Waals surface area contributed by atoms with Crippen LogP contribution < -0.4 is 4.48 Å². The van der Waals surface area contributed by atoms with Crippen LogP contribution in [0, 0.1) is 0 Å². The van der Waals surface area contributed by atoms with Crippen molar-refractivity contribution in [2.24, 2.45) is 4.99 Å². The highest BCUT2D eigenvalue weighted by molar-refractivity contribution is 5.94. The minimum atomic E-state index is -0.555. The summed E-state index contributed by atoms with van der Waals surface area (Å²) in [4.78, 5) is 31.6. The lowest BCUT2D eigenvalue weighted by Crippen LogP contribution is -2.56. The van der Waals surface area contributed by atoms with E-state index in [1.54, 1.807) is 18.1 Å². The zero-order valence-corrected chi connectivity index (χ0v) is 21.1. The maximum absolute atomic E-state index is 13.3. The van der Waals surface area contributed by atoms with Crippen LogP contribution in [0.1, 0.15) is 65.5 Å². The first kappa shape index (κ1) is 25.0. The van der Waals surface area contributed by atoms with Gasteiger partial charge in [-0.15, -0.1) is 0 Å². The molecule has 1 unspecified atom stereocenters. The van der Waals surface area contributed by atoms with Gasteiger partial charge < -0.3 is 14.4 Å². The van der Waals surface area contributed by atoms with Crippen LogP contribution >= 0.6 is 0 Å². The van der Waals surface area contributed by atoms with Crippen molar-refractivity contribution < 1.29 is 19.1 Å². The van der Waals surface area contributed by atoms with E-state index in [0.29, 0.717) is 17.4 Å². The van der Waals surface area contributed by atoms with Crippen LogP contribution in [0.15, 0.2) is 35.6 Å². The molecule has 0 radical (unpaired) electrons. The molecule has 7 nitrogen and oxygen atoms in total. The first-order valence-electron chi connectivity index (χ1n) is 11.7. The number of carbonyl (C=O) groups is 2. The van der Waals surface area contributed by atoms with Crippen molar-refractivity contribution in [2.75, 3.05) is 20.1 Å². The number of hydrogen-bond acceptors (Lipinski definition) is 5. The molecule has 2 atom stereocenters. The number of rotatable bonds is 6. The summed E-state index contributed by atoms with van der Waals surface area (Å²) in [5.74, 6) is -0.193. The molecule has 0 saturated heterocycles. The van der Waals surface area contributed by atoms with E-state index in [2.05, 4.69) is 17.1 Å². The van der Waals surface area contributed by atoms with Crippen LogP contribution in [-0.2, 0) is 20.7 Å². The number of amides is 1. The first-order valence-corrected chi connectivity index (χ1v) is 11.7. The van der Waals surface area contributed by atoms with Gasteiger partial charge in [-0.05, 0) is 60.5 Å². The van der Waals surface area contributed by atoms with Gasteiger partial charge >= 0.3 is 12.1 Å². The average Bonchev–Trinajstić information content (AvgIpc) is 2.88. The number of ether oxygens (including phenoxy) is 2. The number of carbonyl (C=O) groups excluding carboxylic acids is 2. The van der Waals surface area contributed by atoms with Gasteiger partial charge in [0.05, 0.1) is 18.3 Å². The fourth-order valence-electron chi connectivity index (χ4n) is 4.51. The summed E-state index contributed by atoms with van der Waals surface area (Å²) in [6, 6.07) is 5.81. The van der Waals surface area contributed by atoms with Crippen LogP contribution in [0.2, 0.25) is 0 Å². The van der Waals surface area contributed by atoms with Gasteiger partial charge in [0.2, 0.25) is 6.04 Å². The minimum absolute atomic E-state index is 0.193. The van der Waals surface area contributed by atoms with Crippen LogP contribution in [-0.4, -0.2) is 60.6 Å². The van der Waals surface area contributed by atoms with Crippen LogP contribution in [0.5, 0.6) is 0 Å². The van der Waals surface area contributed by atoms with Gasteiger partial charge in [-0.2, -0.15) is 0 Å². The Labute approximate surface area is 197 Å². The number of unbranched alkanes of at least 4 members (excludes halogenated alkanes) is 1. The van der Waals surface area contributed by atoms with Gasteiger partial charge in [-0.25, -0.2) is 9.59 Å². The van der Waals surface area contributed by atoms with Crippen molar-refractivity contribution in [1.29, 1.82) is 0 Å². The number of hydrogen-bond donors (Lipinski definition) is 0. The van der Waals surface area contributed by atoms with Crippen molar-refractivity contribution in [1.82, 2.24) is 9.38 Å². The summed E-state index contributed by atoms with van der Waals surface area (Å²) in [5, 5.41) is 0. The fraction of sp³-hybridized carbons (Fsp3) is 0.577. The number of benzene rings is 1. The Morgan fingerprint density at radius 3 is 2.45 bits per heavy atom. The molecule has 0 saturated carbocycles. The third-order valence-corrected chi connectivity index (χ3v) is 5.82. The molecule has 0 fully saturated rings. The maximum Gasteiger partial charge on any atom is 0.410 e. The fourth-order valence-corrected chi connectivity index (χ4v) is 4.51. The Hall–Kier alpha value is -2.67. The summed E-state index contributed by atoms with van der Waals surface area (Å²) >= 11 is 0. The smallest absolute Gasteiger partial charge is 0.410 e. The van der Waals surface area contributed by atoms with Crippen LogP contribution in [0.25, 0.3) is 0 Å². The van der Waals surface area contributed by atoms with Crippen molar-refractivity contribution in [3.8, 4) is 0 Å². The second kappa shape index (κ2) is 9.29. The van der Waals surface area contributed by atoms with E-state index in [1.807, 2.05) is 60.0 Å². The maximum atomic E-state index is 13.3. The molecule has 0 bridgehead atoms. The summed E-state index contributed by atoms with van der Waals surface area (Å²) in [6.07, 6.45) is 7.62. The summed E-state index contributed by atoms with van der Waals surface area (Å²) in [5.41, 5.74) is 2.26. The van der Waals surface area contributed by atoms with Gasteiger partial charge in [0, 0.05) is 31.8 Å². The highest BCUT2D eigenvalue weighted by Crippen LogP contribution is 2.44. The molecule has 1 aromatic rings. The van der Waals surface area contributed by atoms with Gasteiger partial charge in [0.1, 0.15) is 17.4 Å². The molecule has 7 heteroatoms. The van der Waals surface area contributed by atoms with Gasteiger partial charge in [-0.1, -0.05) is 12.1 Å². The topological polar surface area (TPSA) is 68.2 Å². The van der Waals surface area contributed by atoms with E-state index in [4.69, 9.17) is 9.47 Å². The summed E-state index contributed by atoms with van der Waals surface area (Å²) in [7, 11) is 1.76. The lowest BCUT2D eigenvalue weighted by molar-refractivity contribution is -0.159. The van der Waals surface area contributed by atoms with E-state index in [0.717, 1.165) is 36.2 Å². The quantitative estimate of drug-likeness (QED) is 0.350. The third kappa shape index (κ3) is 5.82. The average molecular weight is 457 g/mol. The number of aliphatic imine (C=N–C) groups is 1. The largest absolute Gasteiger partial charge is 0.456 e. The highest BCUT2D eigenvalue weighted by atomic mass is 16.6. The second-order valence-electron chi connectivity index (χ2n) is 10.9. The molecule has 2 heterocycles. The zero-order chi connectivity index (χ0) is 24.4. The monoisotopic (exact) mass is 456 g/mol. The standard InChI is InChI=1S/C26H38N3O4/c1-25(2,3)32-23(30)21-17-19-11-10-12-20-18-27-13-16-29(21,22(19)20)15-9-8-14-28(7)24(31)33-26(4,5)6/h10-13,16,18,21H,8-9,14-15,17H2,1-7H3/q+1/t21?,29-/m1/s1. The predicted octanol–water partition coefficient (Wildman–Crippen LogP) is 4.81. The molecular formula is C26H38N3O4+. The normalized spacial score (nSPS) is 21.4. The molecule has 0 spiro atoms. The van der Waals surface area contributed by atoms with E-state index >= 15 is 0 Å².